The molecule has 150 valence electrons. The number of thiophene rings is 2. The summed E-state index contributed by atoms with van der Waals surface area (Å²) >= 11 is 4.85. The molecule has 4 rings (SSSR count). The summed E-state index contributed by atoms with van der Waals surface area (Å²) in [6.45, 7) is 2.72. The minimum absolute atomic E-state index is 0.0144. The molecule has 0 spiro atoms. The predicted molar refractivity (Wildman–Crippen MR) is 115 cm³/mol. The van der Waals surface area contributed by atoms with Crippen molar-refractivity contribution in [1.29, 1.82) is 0 Å². The fourth-order valence-electron chi connectivity index (χ4n) is 2.51. The summed E-state index contributed by atoms with van der Waals surface area (Å²) in [7, 11) is 0. The molecule has 1 N–H and O–H groups in total. The minimum Gasteiger partial charge on any atom is -0.456 e. The molecule has 0 aliphatic carbocycles. The van der Waals surface area contributed by atoms with E-state index in [4.69, 9.17) is 9.26 Å². The first-order chi connectivity index (χ1) is 14.2. The zero-order chi connectivity index (χ0) is 20.1. The largest absolute Gasteiger partial charge is 0.456 e. The van der Waals surface area contributed by atoms with Crippen LogP contribution in [-0.2, 0) is 16.1 Å². The number of hydrogen-bond acceptors (Lipinski definition) is 10. The van der Waals surface area contributed by atoms with Crippen LogP contribution in [0.5, 0.6) is 0 Å². The van der Waals surface area contributed by atoms with Crippen molar-refractivity contribution in [2.24, 2.45) is 0 Å². The summed E-state index contributed by atoms with van der Waals surface area (Å²) in [5, 5.41) is 13.9. The van der Waals surface area contributed by atoms with E-state index in [-0.39, 0.29) is 18.5 Å². The van der Waals surface area contributed by atoms with E-state index in [0.717, 1.165) is 16.4 Å². The Morgan fingerprint density at radius 3 is 2.97 bits per heavy atom. The number of ether oxygens (including phenoxy) is 1. The maximum absolute atomic E-state index is 11.9. The van der Waals surface area contributed by atoms with Crippen molar-refractivity contribution in [2.75, 3.05) is 11.9 Å². The second-order valence-corrected chi connectivity index (χ2v) is 9.09. The second-order valence-electron chi connectivity index (χ2n) is 6.16. The molecule has 4 aromatic rings. The maximum Gasteiger partial charge on any atom is 0.306 e. The topological polar surface area (TPSA) is 90.1 Å². The first-order valence-electron chi connectivity index (χ1n) is 8.94. The van der Waals surface area contributed by atoms with Crippen molar-refractivity contribution in [3.63, 3.8) is 0 Å². The van der Waals surface area contributed by atoms with Crippen LogP contribution in [0.4, 0.5) is 5.13 Å². The molecule has 0 radical (unpaired) electrons. The highest BCUT2D eigenvalue weighted by molar-refractivity contribution is 7.17. The normalized spacial score (nSPS) is 10.9. The number of aromatic nitrogens is 3. The lowest BCUT2D eigenvalue weighted by atomic mass is 10.3. The number of rotatable bonds is 9. The van der Waals surface area contributed by atoms with E-state index >= 15 is 0 Å². The van der Waals surface area contributed by atoms with E-state index in [1.54, 1.807) is 34.0 Å². The van der Waals surface area contributed by atoms with Gasteiger partial charge >= 0.3 is 5.97 Å². The van der Waals surface area contributed by atoms with Gasteiger partial charge in [-0.15, -0.1) is 22.7 Å². The van der Waals surface area contributed by atoms with Crippen LogP contribution < -0.4 is 5.32 Å². The lowest BCUT2D eigenvalue weighted by molar-refractivity contribution is -0.145. The molecule has 29 heavy (non-hydrogen) atoms. The SMILES string of the molecule is Cc1ccc(-c2csc(NCCCC(=O)OCc3nc(-c4ccsc4)no3)n2)s1. The molecule has 4 heterocycles. The monoisotopic (exact) mass is 446 g/mol. The van der Waals surface area contributed by atoms with Crippen LogP contribution in [0.25, 0.3) is 22.0 Å². The van der Waals surface area contributed by atoms with E-state index in [9.17, 15) is 4.79 Å². The van der Waals surface area contributed by atoms with Crippen LogP contribution in [0.1, 0.15) is 23.6 Å². The molecule has 0 unspecified atom stereocenters. The summed E-state index contributed by atoms with van der Waals surface area (Å²) in [6, 6.07) is 6.09. The lowest BCUT2D eigenvalue weighted by Crippen LogP contribution is -2.08. The van der Waals surface area contributed by atoms with Crippen LogP contribution in [0.3, 0.4) is 0 Å². The van der Waals surface area contributed by atoms with Crippen LogP contribution in [-0.4, -0.2) is 27.6 Å². The van der Waals surface area contributed by atoms with Crippen molar-refractivity contribution in [3.05, 3.63) is 45.1 Å². The van der Waals surface area contributed by atoms with Gasteiger partial charge < -0.3 is 14.6 Å². The number of carbonyl (C=O) groups excluding carboxylic acids is 1. The standard InChI is InChI=1S/C19H18N4O3S3/c1-12-4-5-15(29-12)14-11-28-19(21-14)20-7-2-3-17(24)25-9-16-22-18(23-26-16)13-6-8-27-10-13/h4-6,8,10-11H,2-3,7,9H2,1H3,(H,20,21). The molecule has 0 saturated heterocycles. The maximum atomic E-state index is 11.9. The quantitative estimate of drug-likeness (QED) is 0.278. The Labute approximate surface area is 179 Å². The predicted octanol–water partition coefficient (Wildman–Crippen LogP) is 5.23. The van der Waals surface area contributed by atoms with Crippen molar-refractivity contribution in [3.8, 4) is 22.0 Å². The molecule has 7 nitrogen and oxygen atoms in total. The van der Waals surface area contributed by atoms with E-state index in [2.05, 4.69) is 39.5 Å². The Hall–Kier alpha value is -2.56. The molecule has 10 heteroatoms. The molecule has 0 bridgehead atoms. The molecule has 0 aromatic carbocycles. The van der Waals surface area contributed by atoms with E-state index < -0.39 is 0 Å². The van der Waals surface area contributed by atoms with Gasteiger partial charge in [-0.25, -0.2) is 4.98 Å². The van der Waals surface area contributed by atoms with Gasteiger partial charge in [-0.05, 0) is 36.9 Å². The zero-order valence-electron chi connectivity index (χ0n) is 15.6. The summed E-state index contributed by atoms with van der Waals surface area (Å²) in [5.74, 6) is 0.495. The Bertz CT molecular complexity index is 1070. The number of hydrogen-bond donors (Lipinski definition) is 1. The second kappa shape index (κ2) is 9.29. The van der Waals surface area contributed by atoms with Gasteiger partial charge in [-0.2, -0.15) is 16.3 Å². The molecule has 0 aliphatic heterocycles. The first kappa shape index (κ1) is 19.7. The van der Waals surface area contributed by atoms with E-state index in [1.807, 2.05) is 22.2 Å². The number of nitrogens with zero attached hydrogens (tertiary/aromatic N) is 3. The average Bonchev–Trinajstić information content (AvgIpc) is 3.50. The van der Waals surface area contributed by atoms with Gasteiger partial charge in [0.25, 0.3) is 5.89 Å². The third-order valence-corrected chi connectivity index (χ3v) is 6.44. The molecule has 0 aliphatic rings. The molecular formula is C19H18N4O3S3. The van der Waals surface area contributed by atoms with Gasteiger partial charge in [0.1, 0.15) is 0 Å². The number of esters is 1. The first-order valence-corrected chi connectivity index (χ1v) is 11.6. The van der Waals surface area contributed by atoms with Crippen LogP contribution in [0.2, 0.25) is 0 Å². The fraction of sp³-hybridized carbons (Fsp3) is 0.263. The van der Waals surface area contributed by atoms with Crippen molar-refractivity contribution in [2.45, 2.75) is 26.4 Å². The molecule has 0 saturated carbocycles. The fourth-order valence-corrected chi connectivity index (χ4v) is 4.78. The van der Waals surface area contributed by atoms with Gasteiger partial charge in [-0.1, -0.05) is 5.16 Å². The van der Waals surface area contributed by atoms with Gasteiger partial charge in [-0.3, -0.25) is 4.79 Å². The van der Waals surface area contributed by atoms with Crippen LogP contribution in [0, 0.1) is 6.92 Å². The number of aryl methyl sites for hydroxylation is 1. The van der Waals surface area contributed by atoms with E-state index in [1.165, 1.54) is 9.75 Å². The summed E-state index contributed by atoms with van der Waals surface area (Å²) in [5.41, 5.74) is 1.87. The molecule has 0 atom stereocenters. The lowest BCUT2D eigenvalue weighted by Gasteiger charge is -2.03. The van der Waals surface area contributed by atoms with Gasteiger partial charge in [0.2, 0.25) is 5.82 Å². The third kappa shape index (κ3) is 5.28. The van der Waals surface area contributed by atoms with Crippen molar-refractivity contribution < 1.29 is 14.1 Å². The van der Waals surface area contributed by atoms with Gasteiger partial charge in [0.05, 0.1) is 10.6 Å². The van der Waals surface area contributed by atoms with Gasteiger partial charge in [0, 0.05) is 34.2 Å². The number of carbonyl (C=O) groups is 1. The Morgan fingerprint density at radius 2 is 2.17 bits per heavy atom. The molecular weight excluding hydrogens is 428 g/mol. The van der Waals surface area contributed by atoms with Crippen molar-refractivity contribution in [1.82, 2.24) is 15.1 Å². The Kier molecular flexibility index (Phi) is 6.33. The highest BCUT2D eigenvalue weighted by Gasteiger charge is 2.12. The van der Waals surface area contributed by atoms with Crippen LogP contribution >= 0.6 is 34.0 Å². The highest BCUT2D eigenvalue weighted by Crippen LogP contribution is 2.30. The summed E-state index contributed by atoms with van der Waals surface area (Å²) in [4.78, 5) is 23.1. The third-order valence-electron chi connectivity index (χ3n) is 3.93. The molecule has 4 aromatic heterocycles. The summed E-state index contributed by atoms with van der Waals surface area (Å²) in [6.07, 6.45) is 0.955. The minimum atomic E-state index is -0.295. The van der Waals surface area contributed by atoms with Crippen LogP contribution in [0.15, 0.2) is 38.9 Å². The molecule has 0 fully saturated rings. The molecule has 0 amide bonds. The van der Waals surface area contributed by atoms with Gasteiger partial charge in [0.15, 0.2) is 11.7 Å². The van der Waals surface area contributed by atoms with Crippen molar-refractivity contribution >= 4 is 45.1 Å². The highest BCUT2D eigenvalue weighted by atomic mass is 32.1. The Morgan fingerprint density at radius 1 is 1.24 bits per heavy atom. The smallest absolute Gasteiger partial charge is 0.306 e. The Balaban J connectivity index is 1.16. The zero-order valence-corrected chi connectivity index (χ0v) is 18.0. The summed E-state index contributed by atoms with van der Waals surface area (Å²) < 4.78 is 10.3. The number of thiazole rings is 1. The average molecular weight is 447 g/mol. The number of anilines is 1. The number of nitrogens with one attached hydrogen (secondary N) is 1. The van der Waals surface area contributed by atoms with E-state index in [0.29, 0.717) is 25.2 Å².